The van der Waals surface area contributed by atoms with Crippen LogP contribution in [0.15, 0.2) is 107 Å². The number of ketones is 2. The van der Waals surface area contributed by atoms with Gasteiger partial charge in [-0.15, -0.1) is 0 Å². The molecule has 2 fully saturated rings. The SMILES string of the molecule is COc1ccc(N2C(=O)[C@@H]3[C@H](C2=O)[C@H](C(=O)c2ccc(Br)cc2)N2C=CC(C(=O)c4ccccc4)=C[C@H]32)cc1. The average Bonchev–Trinajstić information content (AvgIpc) is 3.44. The standard InChI is InChI=1S/C31H23BrN2O5/c1-39-23-13-11-22(12-14-23)34-30(37)25-24-17-20(28(35)18-5-3-2-4-6-18)15-16-33(24)27(26(25)31(34)38)29(36)19-7-9-21(32)10-8-19/h2-17,24-27H,1H3/t24-,25+,26+,27-/m1/s1. The Balaban J connectivity index is 1.42. The molecule has 39 heavy (non-hydrogen) atoms. The molecule has 3 heterocycles. The quantitative estimate of drug-likeness (QED) is 0.305. The lowest BCUT2D eigenvalue weighted by atomic mass is 9.85. The van der Waals surface area contributed by atoms with E-state index in [2.05, 4.69) is 15.9 Å². The van der Waals surface area contributed by atoms with E-state index in [1.165, 1.54) is 12.0 Å². The first kappa shape index (κ1) is 25.0. The Hall–Kier alpha value is -4.30. The van der Waals surface area contributed by atoms with Crippen molar-refractivity contribution in [3.63, 3.8) is 0 Å². The van der Waals surface area contributed by atoms with Gasteiger partial charge in [0.15, 0.2) is 11.6 Å². The highest BCUT2D eigenvalue weighted by atomic mass is 79.9. The van der Waals surface area contributed by atoms with Crippen LogP contribution in [-0.4, -0.2) is 47.5 Å². The van der Waals surface area contributed by atoms with Gasteiger partial charge in [-0.2, -0.15) is 0 Å². The van der Waals surface area contributed by atoms with E-state index in [4.69, 9.17) is 4.74 Å². The number of carbonyl (C=O) groups is 4. The zero-order valence-corrected chi connectivity index (χ0v) is 22.4. The third-order valence-electron chi connectivity index (χ3n) is 7.57. The number of rotatable bonds is 6. The normalized spacial score (nSPS) is 23.4. The Labute approximate surface area is 233 Å². The highest BCUT2D eigenvalue weighted by Gasteiger charge is 2.63. The summed E-state index contributed by atoms with van der Waals surface area (Å²) >= 11 is 3.39. The van der Waals surface area contributed by atoms with E-state index >= 15 is 0 Å². The van der Waals surface area contributed by atoms with Crippen molar-refractivity contribution in [2.75, 3.05) is 12.0 Å². The molecular weight excluding hydrogens is 560 g/mol. The van der Waals surface area contributed by atoms with Gasteiger partial charge in [-0.3, -0.25) is 19.2 Å². The zero-order valence-electron chi connectivity index (χ0n) is 20.9. The van der Waals surface area contributed by atoms with Crippen LogP contribution >= 0.6 is 15.9 Å². The number of carbonyl (C=O) groups excluding carboxylic acids is 4. The van der Waals surface area contributed by atoms with Crippen molar-refractivity contribution in [3.05, 3.63) is 118 Å². The van der Waals surface area contributed by atoms with Crippen LogP contribution in [-0.2, 0) is 9.59 Å². The van der Waals surface area contributed by atoms with E-state index in [1.807, 2.05) is 6.07 Å². The van der Waals surface area contributed by atoms with Gasteiger partial charge in [0.2, 0.25) is 11.8 Å². The summed E-state index contributed by atoms with van der Waals surface area (Å²) in [5, 5.41) is 0. The first-order chi connectivity index (χ1) is 18.9. The van der Waals surface area contributed by atoms with Gasteiger partial charge < -0.3 is 9.64 Å². The van der Waals surface area contributed by atoms with Crippen LogP contribution in [0.1, 0.15) is 20.7 Å². The van der Waals surface area contributed by atoms with Gasteiger partial charge in [0, 0.05) is 27.4 Å². The first-order valence-corrected chi connectivity index (χ1v) is 13.3. The highest BCUT2D eigenvalue weighted by Crippen LogP contribution is 2.47. The molecule has 0 aromatic heterocycles. The number of hydrogen-bond acceptors (Lipinski definition) is 6. The van der Waals surface area contributed by atoms with Gasteiger partial charge in [-0.25, -0.2) is 4.90 Å². The number of amides is 2. The molecule has 7 nitrogen and oxygen atoms in total. The van der Waals surface area contributed by atoms with Crippen molar-refractivity contribution < 1.29 is 23.9 Å². The minimum atomic E-state index is -0.909. The number of nitrogens with zero attached hydrogens (tertiary/aromatic N) is 2. The van der Waals surface area contributed by atoms with Crippen molar-refractivity contribution in [3.8, 4) is 5.75 Å². The molecule has 0 bridgehead atoms. The van der Waals surface area contributed by atoms with Crippen LogP contribution in [0.25, 0.3) is 0 Å². The van der Waals surface area contributed by atoms with Crippen molar-refractivity contribution >= 4 is 45.0 Å². The predicted molar refractivity (Wildman–Crippen MR) is 148 cm³/mol. The van der Waals surface area contributed by atoms with E-state index in [0.29, 0.717) is 28.1 Å². The molecular formula is C31H23BrN2O5. The average molecular weight is 583 g/mol. The van der Waals surface area contributed by atoms with Gasteiger partial charge in [-0.1, -0.05) is 64.5 Å². The third kappa shape index (κ3) is 4.12. The Morgan fingerprint density at radius 3 is 2.15 bits per heavy atom. The smallest absolute Gasteiger partial charge is 0.240 e. The van der Waals surface area contributed by atoms with Crippen molar-refractivity contribution in [1.82, 2.24) is 4.90 Å². The molecule has 0 radical (unpaired) electrons. The van der Waals surface area contributed by atoms with E-state index in [0.717, 1.165) is 4.47 Å². The van der Waals surface area contributed by atoms with E-state index in [1.54, 1.807) is 96.0 Å². The number of ether oxygens (including phenoxy) is 1. The lowest BCUT2D eigenvalue weighted by Gasteiger charge is -2.32. The molecule has 3 aromatic carbocycles. The van der Waals surface area contributed by atoms with Gasteiger partial charge in [0.1, 0.15) is 11.8 Å². The van der Waals surface area contributed by atoms with E-state index in [9.17, 15) is 19.2 Å². The number of methoxy groups -OCH3 is 1. The van der Waals surface area contributed by atoms with Crippen LogP contribution in [0.5, 0.6) is 5.75 Å². The number of allylic oxidation sites excluding steroid dienone is 2. The Kier molecular flexibility index (Phi) is 6.27. The third-order valence-corrected chi connectivity index (χ3v) is 8.10. The maximum absolute atomic E-state index is 13.9. The molecule has 3 aliphatic rings. The molecule has 194 valence electrons. The number of fused-ring (bicyclic) bond motifs is 3. The zero-order chi connectivity index (χ0) is 27.3. The molecule has 0 N–H and O–H groups in total. The Morgan fingerprint density at radius 1 is 0.821 bits per heavy atom. The second-order valence-electron chi connectivity index (χ2n) is 9.65. The fourth-order valence-electron chi connectivity index (χ4n) is 5.72. The minimum Gasteiger partial charge on any atom is -0.497 e. The van der Waals surface area contributed by atoms with Gasteiger partial charge >= 0.3 is 0 Å². The number of hydrogen-bond donors (Lipinski definition) is 0. The Morgan fingerprint density at radius 2 is 1.49 bits per heavy atom. The summed E-state index contributed by atoms with van der Waals surface area (Å²) in [4.78, 5) is 57.9. The van der Waals surface area contributed by atoms with Crippen molar-refractivity contribution in [1.29, 1.82) is 0 Å². The van der Waals surface area contributed by atoms with E-state index in [-0.39, 0.29) is 11.6 Å². The summed E-state index contributed by atoms with van der Waals surface area (Å²) in [6.07, 6.45) is 5.06. The fraction of sp³-hybridized carbons (Fsp3) is 0.161. The van der Waals surface area contributed by atoms with Crippen molar-refractivity contribution in [2.45, 2.75) is 12.1 Å². The maximum Gasteiger partial charge on any atom is 0.240 e. The summed E-state index contributed by atoms with van der Waals surface area (Å²) in [7, 11) is 1.54. The predicted octanol–water partition coefficient (Wildman–Crippen LogP) is 4.84. The van der Waals surface area contributed by atoms with Crippen LogP contribution in [0.3, 0.4) is 0 Å². The number of imide groups is 1. The molecule has 0 aliphatic carbocycles. The number of halogens is 1. The molecule has 0 unspecified atom stereocenters. The molecule has 2 amide bonds. The summed E-state index contributed by atoms with van der Waals surface area (Å²) in [6.45, 7) is 0. The van der Waals surface area contributed by atoms with Crippen LogP contribution in [0, 0.1) is 11.8 Å². The van der Waals surface area contributed by atoms with Crippen LogP contribution in [0.2, 0.25) is 0 Å². The molecule has 3 aliphatic heterocycles. The molecule has 0 saturated carbocycles. The topological polar surface area (TPSA) is 84.0 Å². The minimum absolute atomic E-state index is 0.186. The first-order valence-electron chi connectivity index (χ1n) is 12.5. The molecule has 3 aromatic rings. The monoisotopic (exact) mass is 582 g/mol. The fourth-order valence-corrected chi connectivity index (χ4v) is 5.99. The molecule has 6 rings (SSSR count). The number of Topliss-reactive ketones (excluding diaryl/α,β-unsaturated/α-hetero) is 2. The number of benzene rings is 3. The lowest BCUT2D eigenvalue weighted by molar-refractivity contribution is -0.123. The highest BCUT2D eigenvalue weighted by molar-refractivity contribution is 9.10. The summed E-state index contributed by atoms with van der Waals surface area (Å²) in [5.74, 6) is -2.41. The lowest BCUT2D eigenvalue weighted by Crippen LogP contribution is -2.46. The van der Waals surface area contributed by atoms with Crippen LogP contribution < -0.4 is 9.64 Å². The van der Waals surface area contributed by atoms with Crippen molar-refractivity contribution in [2.24, 2.45) is 11.8 Å². The number of anilines is 1. The van der Waals surface area contributed by atoms with Gasteiger partial charge in [-0.05, 0) is 42.5 Å². The van der Waals surface area contributed by atoms with Gasteiger partial charge in [0.25, 0.3) is 0 Å². The summed E-state index contributed by atoms with van der Waals surface area (Å²) in [6, 6.07) is 20.9. The second kappa shape index (κ2) is 9.78. The van der Waals surface area contributed by atoms with Gasteiger partial charge in [0.05, 0.1) is 30.7 Å². The Bertz CT molecular complexity index is 1550. The largest absolute Gasteiger partial charge is 0.497 e. The molecule has 8 heteroatoms. The molecule has 2 saturated heterocycles. The summed E-state index contributed by atoms with van der Waals surface area (Å²) in [5.41, 5.74) is 1.79. The maximum atomic E-state index is 13.9. The summed E-state index contributed by atoms with van der Waals surface area (Å²) < 4.78 is 6.04. The van der Waals surface area contributed by atoms with E-state index < -0.39 is 35.7 Å². The second-order valence-corrected chi connectivity index (χ2v) is 10.6. The molecule has 4 atom stereocenters. The van der Waals surface area contributed by atoms with Crippen LogP contribution in [0.4, 0.5) is 5.69 Å². The molecule has 0 spiro atoms.